The summed E-state index contributed by atoms with van der Waals surface area (Å²) in [6.07, 6.45) is 1.59. The number of esters is 1. The van der Waals surface area contributed by atoms with Gasteiger partial charge in [-0.05, 0) is 12.1 Å². The van der Waals surface area contributed by atoms with Gasteiger partial charge in [0.05, 0.1) is 32.5 Å². The third-order valence-electron chi connectivity index (χ3n) is 3.88. The molecule has 0 aromatic heterocycles. The van der Waals surface area contributed by atoms with Gasteiger partial charge in [-0.25, -0.2) is 4.79 Å². The Morgan fingerprint density at radius 3 is 1.96 bits per heavy atom. The number of ether oxygens (including phenoxy) is 3. The monoisotopic (exact) mass is 318 g/mol. The molecule has 124 valence electrons. The van der Waals surface area contributed by atoms with Gasteiger partial charge in [0.15, 0.2) is 0 Å². The molecule has 23 heavy (non-hydrogen) atoms. The Morgan fingerprint density at radius 2 is 1.43 bits per heavy atom. The summed E-state index contributed by atoms with van der Waals surface area (Å²) in [4.78, 5) is 16.7. The summed E-state index contributed by atoms with van der Waals surface area (Å²) in [7, 11) is 0. The van der Waals surface area contributed by atoms with E-state index >= 15 is 0 Å². The molecule has 6 heteroatoms. The van der Waals surface area contributed by atoms with Crippen LogP contribution in [0.2, 0.25) is 0 Å². The summed E-state index contributed by atoms with van der Waals surface area (Å²) in [5.41, 5.74) is 0. The van der Waals surface area contributed by atoms with Crippen molar-refractivity contribution in [3.8, 4) is 5.75 Å². The number of morpholine rings is 2. The smallest absolute Gasteiger partial charge is 0.339 e. The molecule has 2 heterocycles. The van der Waals surface area contributed by atoms with E-state index in [-0.39, 0.29) is 5.97 Å². The van der Waals surface area contributed by atoms with Crippen LogP contribution in [0.3, 0.4) is 0 Å². The van der Waals surface area contributed by atoms with Crippen LogP contribution in [0.1, 0.15) is 0 Å². The van der Waals surface area contributed by atoms with Crippen molar-refractivity contribution >= 4 is 5.97 Å². The van der Waals surface area contributed by atoms with Gasteiger partial charge in [-0.1, -0.05) is 18.2 Å². The van der Waals surface area contributed by atoms with E-state index in [2.05, 4.69) is 9.80 Å². The van der Waals surface area contributed by atoms with Crippen molar-refractivity contribution in [2.24, 2.45) is 0 Å². The number of hydrogen-bond acceptors (Lipinski definition) is 6. The first-order valence-corrected chi connectivity index (χ1v) is 7.97. The van der Waals surface area contributed by atoms with Gasteiger partial charge in [0.25, 0.3) is 0 Å². The van der Waals surface area contributed by atoms with E-state index in [1.165, 1.54) is 0 Å². The molecule has 0 bridgehead atoms. The summed E-state index contributed by atoms with van der Waals surface area (Å²) in [6, 6.07) is 9.12. The van der Waals surface area contributed by atoms with E-state index in [0.717, 1.165) is 32.0 Å². The summed E-state index contributed by atoms with van der Waals surface area (Å²) in [6.45, 7) is 5.82. The van der Waals surface area contributed by atoms with Crippen molar-refractivity contribution < 1.29 is 19.0 Å². The third-order valence-corrected chi connectivity index (χ3v) is 3.88. The number of benzene rings is 1. The van der Waals surface area contributed by atoms with E-state index < -0.39 is 0 Å². The number of nitrogens with zero attached hydrogens (tertiary/aromatic N) is 2. The van der Waals surface area contributed by atoms with Crippen LogP contribution in [0.5, 0.6) is 5.75 Å². The highest BCUT2D eigenvalue weighted by Gasteiger charge is 2.22. The molecule has 0 N–H and O–H groups in total. The first kappa shape index (κ1) is 15.8. The van der Waals surface area contributed by atoms with Crippen molar-refractivity contribution in [2.45, 2.75) is 0 Å². The molecular weight excluding hydrogens is 296 g/mol. The topological polar surface area (TPSA) is 51.2 Å². The predicted molar refractivity (Wildman–Crippen MR) is 84.9 cm³/mol. The van der Waals surface area contributed by atoms with Crippen molar-refractivity contribution in [2.75, 3.05) is 52.6 Å². The number of para-hydroxylation sites is 1. The lowest BCUT2D eigenvalue weighted by Crippen LogP contribution is -2.46. The summed E-state index contributed by atoms with van der Waals surface area (Å²) in [5, 5.41) is 0. The van der Waals surface area contributed by atoms with E-state index in [0.29, 0.717) is 32.2 Å². The molecule has 0 saturated carbocycles. The highest BCUT2D eigenvalue weighted by Crippen LogP contribution is 2.16. The lowest BCUT2D eigenvalue weighted by Gasteiger charge is -2.39. The van der Waals surface area contributed by atoms with Crippen molar-refractivity contribution in [1.29, 1.82) is 0 Å². The number of carbonyl (C=O) groups excluding carboxylic acids is 1. The van der Waals surface area contributed by atoms with Gasteiger partial charge in [-0.2, -0.15) is 0 Å². The van der Waals surface area contributed by atoms with Crippen LogP contribution in [0.4, 0.5) is 0 Å². The quantitative estimate of drug-likeness (QED) is 0.471. The van der Waals surface area contributed by atoms with Crippen LogP contribution in [0, 0.1) is 0 Å². The van der Waals surface area contributed by atoms with Crippen molar-refractivity contribution in [3.05, 3.63) is 42.2 Å². The molecule has 3 rings (SSSR count). The zero-order valence-corrected chi connectivity index (χ0v) is 13.1. The Balaban J connectivity index is 1.73. The van der Waals surface area contributed by atoms with Crippen LogP contribution in [0.15, 0.2) is 42.2 Å². The number of carbonyl (C=O) groups is 1. The molecular formula is C17H22N2O4. The van der Waals surface area contributed by atoms with E-state index in [9.17, 15) is 4.79 Å². The summed E-state index contributed by atoms with van der Waals surface area (Å²) < 4.78 is 16.2. The fourth-order valence-electron chi connectivity index (χ4n) is 2.71. The van der Waals surface area contributed by atoms with Gasteiger partial charge in [0, 0.05) is 26.2 Å². The molecule has 0 atom stereocenters. The number of rotatable bonds is 4. The molecule has 1 aromatic carbocycles. The molecule has 0 amide bonds. The minimum absolute atomic E-state index is 0.357. The average molecular weight is 318 g/mol. The molecule has 0 unspecified atom stereocenters. The van der Waals surface area contributed by atoms with E-state index in [4.69, 9.17) is 14.2 Å². The van der Waals surface area contributed by atoms with Gasteiger partial charge >= 0.3 is 5.97 Å². The maximum absolute atomic E-state index is 12.3. The van der Waals surface area contributed by atoms with Gasteiger partial charge in [-0.3, -0.25) is 0 Å². The number of hydrogen-bond donors (Lipinski definition) is 0. The van der Waals surface area contributed by atoms with E-state index in [1.807, 2.05) is 18.2 Å². The Bertz CT molecular complexity index is 515. The average Bonchev–Trinajstić information content (AvgIpc) is 2.62. The molecule has 0 spiro atoms. The first-order valence-electron chi connectivity index (χ1n) is 7.97. The predicted octanol–water partition coefficient (Wildman–Crippen LogP) is 1.10. The summed E-state index contributed by atoms with van der Waals surface area (Å²) in [5.74, 6) is 1.10. The fourth-order valence-corrected chi connectivity index (χ4v) is 2.71. The van der Waals surface area contributed by atoms with Crippen molar-refractivity contribution in [1.82, 2.24) is 9.80 Å². The van der Waals surface area contributed by atoms with Crippen LogP contribution < -0.4 is 4.74 Å². The fraction of sp³-hybridized carbons (Fsp3) is 0.471. The highest BCUT2D eigenvalue weighted by molar-refractivity contribution is 5.84. The van der Waals surface area contributed by atoms with Gasteiger partial charge in [0.1, 0.15) is 11.6 Å². The van der Waals surface area contributed by atoms with Crippen LogP contribution >= 0.6 is 0 Å². The Labute approximate surface area is 136 Å². The first-order chi connectivity index (χ1) is 11.3. The second kappa shape index (κ2) is 7.99. The van der Waals surface area contributed by atoms with Crippen molar-refractivity contribution in [3.63, 3.8) is 0 Å². The molecule has 1 aromatic rings. The lowest BCUT2D eigenvalue weighted by atomic mass is 10.3. The molecule has 2 aliphatic rings. The maximum atomic E-state index is 12.3. The molecule has 0 radical (unpaired) electrons. The largest absolute Gasteiger partial charge is 0.423 e. The van der Waals surface area contributed by atoms with Crippen LogP contribution in [-0.2, 0) is 14.3 Å². The highest BCUT2D eigenvalue weighted by atomic mass is 16.5. The van der Waals surface area contributed by atoms with Gasteiger partial charge < -0.3 is 24.0 Å². The lowest BCUT2D eigenvalue weighted by molar-refractivity contribution is -0.129. The second-order valence-corrected chi connectivity index (χ2v) is 5.44. The zero-order chi connectivity index (χ0) is 15.9. The Kier molecular flexibility index (Phi) is 5.50. The maximum Gasteiger partial charge on any atom is 0.339 e. The Morgan fingerprint density at radius 1 is 0.913 bits per heavy atom. The zero-order valence-electron chi connectivity index (χ0n) is 13.1. The van der Waals surface area contributed by atoms with Gasteiger partial charge in [0.2, 0.25) is 0 Å². The SMILES string of the molecule is O=C(C=C(N1CCOCC1)N1CCOCC1)Oc1ccccc1. The van der Waals surface area contributed by atoms with E-state index in [1.54, 1.807) is 18.2 Å². The third kappa shape index (κ3) is 4.46. The molecule has 2 fully saturated rings. The molecule has 6 nitrogen and oxygen atoms in total. The minimum atomic E-state index is -0.357. The van der Waals surface area contributed by atoms with Gasteiger partial charge in [-0.15, -0.1) is 0 Å². The Hall–Kier alpha value is -2.05. The summed E-state index contributed by atoms with van der Waals surface area (Å²) >= 11 is 0. The van der Waals surface area contributed by atoms with Crippen LogP contribution in [-0.4, -0.2) is 68.4 Å². The second-order valence-electron chi connectivity index (χ2n) is 5.44. The minimum Gasteiger partial charge on any atom is -0.423 e. The standard InChI is InChI=1S/C17H22N2O4/c20-17(23-15-4-2-1-3-5-15)14-16(18-6-10-21-11-7-18)19-8-12-22-13-9-19/h1-5,14H,6-13H2. The normalized spacial score (nSPS) is 18.4. The van der Waals surface area contributed by atoms with Crippen LogP contribution in [0.25, 0.3) is 0 Å². The molecule has 0 aliphatic carbocycles. The molecule has 2 aliphatic heterocycles. The molecule has 2 saturated heterocycles.